The van der Waals surface area contributed by atoms with Crippen LogP contribution in [0.2, 0.25) is 0 Å². The van der Waals surface area contributed by atoms with Gasteiger partial charge >= 0.3 is 0 Å². The van der Waals surface area contributed by atoms with Crippen molar-refractivity contribution in [1.82, 2.24) is 5.32 Å². The summed E-state index contributed by atoms with van der Waals surface area (Å²) >= 11 is 0. The molecule has 0 spiro atoms. The van der Waals surface area contributed by atoms with Gasteiger partial charge in [-0.3, -0.25) is 4.79 Å². The van der Waals surface area contributed by atoms with Gasteiger partial charge in [-0.25, -0.2) is 0 Å². The molecule has 1 N–H and O–H groups in total. The van der Waals surface area contributed by atoms with Crippen molar-refractivity contribution in [2.24, 2.45) is 5.92 Å². The number of benzene rings is 1. The minimum Gasteiger partial charge on any atom is -0.497 e. The highest BCUT2D eigenvalue weighted by Gasteiger charge is 2.38. The number of hydrogen-bond donors (Lipinski definition) is 1. The van der Waals surface area contributed by atoms with Crippen molar-refractivity contribution in [1.29, 1.82) is 0 Å². The number of fused-ring (bicyclic) bond motifs is 2. The lowest BCUT2D eigenvalue weighted by Gasteiger charge is -2.33. The molecule has 0 bridgehead atoms. The van der Waals surface area contributed by atoms with Gasteiger partial charge in [-0.15, -0.1) is 0 Å². The summed E-state index contributed by atoms with van der Waals surface area (Å²) in [6.07, 6.45) is 4.59. The predicted octanol–water partition coefficient (Wildman–Crippen LogP) is 3.44. The SMILES string of the molecule is COc1ccc2oc(C)c(C(=O)N[C@@H]3CCC[C@H]4OCC[C@H]34)c2c1. The average molecular weight is 329 g/mol. The van der Waals surface area contributed by atoms with Gasteiger partial charge in [-0.2, -0.15) is 0 Å². The molecule has 2 aliphatic rings. The van der Waals surface area contributed by atoms with Crippen molar-refractivity contribution >= 4 is 16.9 Å². The molecule has 5 heteroatoms. The molecule has 128 valence electrons. The Bertz CT molecular complexity index is 766. The molecule has 2 aromatic rings. The number of carbonyl (C=O) groups excluding carboxylic acids is 1. The van der Waals surface area contributed by atoms with Crippen LogP contribution in [0.15, 0.2) is 22.6 Å². The number of methoxy groups -OCH3 is 1. The molecule has 2 fully saturated rings. The van der Waals surface area contributed by atoms with Crippen LogP contribution in [0.25, 0.3) is 11.0 Å². The van der Waals surface area contributed by atoms with Crippen molar-refractivity contribution in [3.8, 4) is 5.75 Å². The lowest BCUT2D eigenvalue weighted by atomic mass is 9.81. The van der Waals surface area contributed by atoms with Gasteiger partial charge in [0.25, 0.3) is 5.91 Å². The predicted molar refractivity (Wildman–Crippen MR) is 90.5 cm³/mol. The first kappa shape index (κ1) is 15.5. The fourth-order valence-electron chi connectivity index (χ4n) is 4.20. The van der Waals surface area contributed by atoms with Crippen LogP contribution < -0.4 is 10.1 Å². The third-order valence-corrected chi connectivity index (χ3v) is 5.40. The topological polar surface area (TPSA) is 60.7 Å². The molecule has 1 aromatic carbocycles. The van der Waals surface area contributed by atoms with Crippen LogP contribution in [0.4, 0.5) is 0 Å². The number of amides is 1. The zero-order chi connectivity index (χ0) is 16.7. The summed E-state index contributed by atoms with van der Waals surface area (Å²) in [6, 6.07) is 5.74. The van der Waals surface area contributed by atoms with Crippen LogP contribution in [0.1, 0.15) is 41.8 Å². The quantitative estimate of drug-likeness (QED) is 0.937. The zero-order valence-corrected chi connectivity index (χ0v) is 14.1. The molecule has 1 amide bonds. The summed E-state index contributed by atoms with van der Waals surface area (Å²) in [5.74, 6) is 1.75. The number of carbonyl (C=O) groups is 1. The molecule has 1 aliphatic heterocycles. The second-order valence-electron chi connectivity index (χ2n) is 6.77. The number of nitrogens with one attached hydrogen (secondary N) is 1. The maximum Gasteiger partial charge on any atom is 0.255 e. The van der Waals surface area contributed by atoms with E-state index >= 15 is 0 Å². The van der Waals surface area contributed by atoms with E-state index in [0.29, 0.717) is 28.9 Å². The minimum absolute atomic E-state index is 0.0583. The molecule has 1 saturated heterocycles. The van der Waals surface area contributed by atoms with Crippen molar-refractivity contribution in [2.45, 2.75) is 44.8 Å². The Balaban J connectivity index is 1.62. The maximum absolute atomic E-state index is 12.9. The molecular formula is C19H23NO4. The third-order valence-electron chi connectivity index (χ3n) is 5.40. The van der Waals surface area contributed by atoms with Crippen LogP contribution in [0, 0.1) is 12.8 Å². The number of hydrogen-bond acceptors (Lipinski definition) is 4. The van der Waals surface area contributed by atoms with Crippen molar-refractivity contribution in [3.05, 3.63) is 29.5 Å². The Hall–Kier alpha value is -2.01. The highest BCUT2D eigenvalue weighted by atomic mass is 16.5. The van der Waals surface area contributed by atoms with Crippen LogP contribution in [0.5, 0.6) is 5.75 Å². The van der Waals surface area contributed by atoms with E-state index in [2.05, 4.69) is 5.32 Å². The standard InChI is InChI=1S/C19H23NO4/c1-11-18(14-10-12(22-2)6-7-17(14)24-11)19(21)20-15-4-3-5-16-13(15)8-9-23-16/h6-7,10,13,15-16H,3-5,8-9H2,1-2H3,(H,20,21)/t13-,15-,16-/m1/s1. The van der Waals surface area contributed by atoms with Gasteiger partial charge in [-0.05, 0) is 50.8 Å². The van der Waals surface area contributed by atoms with E-state index < -0.39 is 0 Å². The molecule has 0 radical (unpaired) electrons. The average Bonchev–Trinajstić information content (AvgIpc) is 3.17. The molecule has 1 aromatic heterocycles. The Kier molecular flexibility index (Phi) is 3.96. The third kappa shape index (κ3) is 2.57. The molecule has 1 saturated carbocycles. The van der Waals surface area contributed by atoms with Gasteiger partial charge < -0.3 is 19.2 Å². The number of ether oxygens (including phenoxy) is 2. The van der Waals surface area contributed by atoms with Gasteiger partial charge in [0.1, 0.15) is 17.1 Å². The Morgan fingerprint density at radius 3 is 3.00 bits per heavy atom. The Labute approximate surface area is 141 Å². The van der Waals surface area contributed by atoms with E-state index in [0.717, 1.165) is 43.4 Å². The van der Waals surface area contributed by atoms with Crippen LogP contribution >= 0.6 is 0 Å². The molecule has 1 aliphatic carbocycles. The normalized spacial score (nSPS) is 26.3. The molecule has 4 rings (SSSR count). The summed E-state index contributed by atoms with van der Waals surface area (Å²) in [7, 11) is 1.62. The number of furan rings is 1. The van der Waals surface area contributed by atoms with E-state index in [9.17, 15) is 4.79 Å². The summed E-state index contributed by atoms with van der Waals surface area (Å²) in [5, 5.41) is 4.05. The number of rotatable bonds is 3. The zero-order valence-electron chi connectivity index (χ0n) is 14.1. The summed E-state index contributed by atoms with van der Waals surface area (Å²) < 4.78 is 16.8. The fourth-order valence-corrected chi connectivity index (χ4v) is 4.20. The largest absolute Gasteiger partial charge is 0.497 e. The lowest BCUT2D eigenvalue weighted by molar-refractivity contribution is 0.0510. The van der Waals surface area contributed by atoms with Crippen molar-refractivity contribution in [3.63, 3.8) is 0 Å². The monoisotopic (exact) mass is 329 g/mol. The molecule has 3 atom stereocenters. The van der Waals surface area contributed by atoms with Gasteiger partial charge in [0.15, 0.2) is 0 Å². The lowest BCUT2D eigenvalue weighted by Crippen LogP contribution is -2.45. The first-order chi connectivity index (χ1) is 11.7. The maximum atomic E-state index is 12.9. The molecule has 5 nitrogen and oxygen atoms in total. The van der Waals surface area contributed by atoms with Gasteiger partial charge in [0.05, 0.1) is 18.8 Å². The van der Waals surface area contributed by atoms with E-state index in [1.165, 1.54) is 0 Å². The minimum atomic E-state index is -0.0583. The molecule has 2 heterocycles. The van der Waals surface area contributed by atoms with E-state index in [4.69, 9.17) is 13.9 Å². The molecular weight excluding hydrogens is 306 g/mol. The summed E-state index contributed by atoms with van der Waals surface area (Å²) in [5.41, 5.74) is 1.33. The van der Waals surface area contributed by atoms with Crippen molar-refractivity contribution in [2.75, 3.05) is 13.7 Å². The van der Waals surface area contributed by atoms with Crippen LogP contribution in [0.3, 0.4) is 0 Å². The summed E-state index contributed by atoms with van der Waals surface area (Å²) in [4.78, 5) is 12.9. The van der Waals surface area contributed by atoms with E-state index in [1.807, 2.05) is 25.1 Å². The fraction of sp³-hybridized carbons (Fsp3) is 0.526. The second-order valence-corrected chi connectivity index (χ2v) is 6.77. The first-order valence-corrected chi connectivity index (χ1v) is 8.67. The molecule has 24 heavy (non-hydrogen) atoms. The highest BCUT2D eigenvalue weighted by molar-refractivity contribution is 6.07. The van der Waals surface area contributed by atoms with Gasteiger partial charge in [0, 0.05) is 24.0 Å². The van der Waals surface area contributed by atoms with Gasteiger partial charge in [0.2, 0.25) is 0 Å². The Morgan fingerprint density at radius 2 is 2.17 bits per heavy atom. The second kappa shape index (κ2) is 6.13. The van der Waals surface area contributed by atoms with E-state index in [1.54, 1.807) is 7.11 Å². The number of aryl methyl sites for hydroxylation is 1. The molecule has 0 unspecified atom stereocenters. The van der Waals surface area contributed by atoms with Crippen molar-refractivity contribution < 1.29 is 18.7 Å². The highest BCUT2D eigenvalue weighted by Crippen LogP contribution is 2.35. The summed E-state index contributed by atoms with van der Waals surface area (Å²) in [6.45, 7) is 2.65. The Morgan fingerprint density at radius 1 is 1.29 bits per heavy atom. The van der Waals surface area contributed by atoms with Crippen LogP contribution in [-0.2, 0) is 4.74 Å². The van der Waals surface area contributed by atoms with E-state index in [-0.39, 0.29) is 11.9 Å². The first-order valence-electron chi connectivity index (χ1n) is 8.67. The van der Waals surface area contributed by atoms with Gasteiger partial charge in [-0.1, -0.05) is 0 Å². The van der Waals surface area contributed by atoms with Crippen LogP contribution in [-0.4, -0.2) is 31.8 Å². The smallest absolute Gasteiger partial charge is 0.255 e.